The molecule has 0 amide bonds. The lowest BCUT2D eigenvalue weighted by Gasteiger charge is -2.12. The molecule has 1 aliphatic rings. The summed E-state index contributed by atoms with van der Waals surface area (Å²) in [5.74, 6) is 0. The molecule has 0 aromatic heterocycles. The zero-order valence-electron chi connectivity index (χ0n) is 9.70. The van der Waals surface area contributed by atoms with E-state index in [9.17, 15) is 0 Å². The molecule has 92 valence electrons. The molecule has 4 heteroatoms. The zero-order chi connectivity index (χ0) is 11.6. The summed E-state index contributed by atoms with van der Waals surface area (Å²) in [6.07, 6.45) is 0. The highest BCUT2D eigenvalue weighted by Gasteiger charge is 2.00. The van der Waals surface area contributed by atoms with Gasteiger partial charge in [-0.3, -0.25) is 0 Å². The van der Waals surface area contributed by atoms with E-state index in [1.165, 1.54) is 0 Å². The van der Waals surface area contributed by atoms with Gasteiger partial charge < -0.3 is 18.9 Å². The second kappa shape index (κ2) is 8.47. The van der Waals surface area contributed by atoms with Crippen molar-refractivity contribution in [1.82, 2.24) is 0 Å². The minimum atomic E-state index is 0.519. The fourth-order valence-electron chi connectivity index (χ4n) is 1.19. The van der Waals surface area contributed by atoms with Crippen LogP contribution in [0, 0.1) is 0 Å². The van der Waals surface area contributed by atoms with E-state index in [4.69, 9.17) is 18.9 Å². The van der Waals surface area contributed by atoms with Crippen molar-refractivity contribution >= 4 is 0 Å². The first-order valence-corrected chi connectivity index (χ1v) is 5.43. The summed E-state index contributed by atoms with van der Waals surface area (Å²) in [7, 11) is 0. The van der Waals surface area contributed by atoms with Crippen LogP contribution in [0.5, 0.6) is 0 Å². The van der Waals surface area contributed by atoms with Gasteiger partial charge in [0.1, 0.15) is 0 Å². The lowest BCUT2D eigenvalue weighted by atomic mass is 10.3. The molecule has 1 saturated heterocycles. The van der Waals surface area contributed by atoms with Crippen molar-refractivity contribution < 1.29 is 18.9 Å². The Labute approximate surface area is 96.8 Å². The van der Waals surface area contributed by atoms with E-state index in [0.717, 1.165) is 11.1 Å². The molecule has 0 saturated carbocycles. The van der Waals surface area contributed by atoms with Gasteiger partial charge >= 0.3 is 0 Å². The summed E-state index contributed by atoms with van der Waals surface area (Å²) < 4.78 is 21.4. The summed E-state index contributed by atoms with van der Waals surface area (Å²) in [6, 6.07) is 0. The molecule has 1 rings (SSSR count). The van der Waals surface area contributed by atoms with Gasteiger partial charge in [-0.25, -0.2) is 0 Å². The third-order valence-electron chi connectivity index (χ3n) is 1.97. The van der Waals surface area contributed by atoms with Crippen molar-refractivity contribution in [3.05, 3.63) is 24.3 Å². The van der Waals surface area contributed by atoms with Gasteiger partial charge in [0.2, 0.25) is 0 Å². The average molecular weight is 228 g/mol. The Bertz CT molecular complexity index is 181. The summed E-state index contributed by atoms with van der Waals surface area (Å²) in [4.78, 5) is 0. The van der Waals surface area contributed by atoms with Crippen molar-refractivity contribution in [3.63, 3.8) is 0 Å². The minimum Gasteiger partial charge on any atom is -0.375 e. The van der Waals surface area contributed by atoms with E-state index in [-0.39, 0.29) is 0 Å². The third kappa shape index (κ3) is 6.74. The Hall–Kier alpha value is -0.680. The quantitative estimate of drug-likeness (QED) is 0.583. The maximum absolute atomic E-state index is 5.36. The molecule has 0 N–H and O–H groups in total. The molecule has 4 nitrogen and oxygen atoms in total. The topological polar surface area (TPSA) is 36.9 Å². The highest BCUT2D eigenvalue weighted by Crippen LogP contribution is 1.97. The monoisotopic (exact) mass is 228 g/mol. The summed E-state index contributed by atoms with van der Waals surface area (Å²) in [5.41, 5.74) is 1.86. The van der Waals surface area contributed by atoms with Crippen LogP contribution >= 0.6 is 0 Å². The van der Waals surface area contributed by atoms with Crippen LogP contribution in [0.4, 0.5) is 0 Å². The van der Waals surface area contributed by atoms with Crippen LogP contribution in [-0.4, -0.2) is 52.9 Å². The number of hydrogen-bond acceptors (Lipinski definition) is 4. The van der Waals surface area contributed by atoms with Gasteiger partial charge in [0.15, 0.2) is 0 Å². The fraction of sp³-hybridized carbons (Fsp3) is 0.667. The van der Waals surface area contributed by atoms with Crippen molar-refractivity contribution in [2.24, 2.45) is 0 Å². The Morgan fingerprint density at radius 1 is 0.562 bits per heavy atom. The maximum Gasteiger partial charge on any atom is 0.0705 e. The average Bonchev–Trinajstić information content (AvgIpc) is 2.27. The van der Waals surface area contributed by atoms with Crippen LogP contribution < -0.4 is 0 Å². The Morgan fingerprint density at radius 2 is 0.812 bits per heavy atom. The molecule has 1 heterocycles. The Morgan fingerprint density at radius 3 is 1.06 bits per heavy atom. The lowest BCUT2D eigenvalue weighted by molar-refractivity contribution is 0.0331. The number of rotatable bonds is 0. The molecule has 0 atom stereocenters. The molecule has 0 aliphatic carbocycles. The van der Waals surface area contributed by atoms with Gasteiger partial charge in [-0.2, -0.15) is 0 Å². The molecule has 16 heavy (non-hydrogen) atoms. The van der Waals surface area contributed by atoms with E-state index in [0.29, 0.717) is 52.9 Å². The van der Waals surface area contributed by atoms with Crippen LogP contribution in [0.15, 0.2) is 24.3 Å². The Kier molecular flexibility index (Phi) is 7.09. The summed E-state index contributed by atoms with van der Waals surface area (Å²) >= 11 is 0. The largest absolute Gasteiger partial charge is 0.375 e. The van der Waals surface area contributed by atoms with Gasteiger partial charge in [0.05, 0.1) is 52.9 Å². The van der Waals surface area contributed by atoms with Crippen LogP contribution in [0.25, 0.3) is 0 Å². The summed E-state index contributed by atoms with van der Waals surface area (Å²) in [6.45, 7) is 12.0. The molecule has 0 radical (unpaired) electrons. The SMILES string of the molecule is C=C1COCCOCC(=C)COCCOC1. The minimum absolute atomic E-state index is 0.519. The molecule has 0 unspecified atom stereocenters. The predicted octanol–water partition coefficient (Wildman–Crippen LogP) is 1.18. The van der Waals surface area contributed by atoms with Crippen molar-refractivity contribution in [1.29, 1.82) is 0 Å². The Balaban J connectivity index is 2.23. The smallest absolute Gasteiger partial charge is 0.0705 e. The van der Waals surface area contributed by atoms with Gasteiger partial charge in [0, 0.05) is 0 Å². The van der Waals surface area contributed by atoms with Gasteiger partial charge in [-0.05, 0) is 11.1 Å². The van der Waals surface area contributed by atoms with Crippen LogP contribution in [0.3, 0.4) is 0 Å². The second-order valence-corrected chi connectivity index (χ2v) is 3.71. The normalized spacial score (nSPS) is 22.8. The van der Waals surface area contributed by atoms with Crippen molar-refractivity contribution in [3.8, 4) is 0 Å². The molecular formula is C12H20O4. The van der Waals surface area contributed by atoms with Crippen LogP contribution in [0.1, 0.15) is 0 Å². The predicted molar refractivity (Wildman–Crippen MR) is 61.6 cm³/mol. The number of hydrogen-bond donors (Lipinski definition) is 0. The van der Waals surface area contributed by atoms with E-state index < -0.39 is 0 Å². The zero-order valence-corrected chi connectivity index (χ0v) is 9.70. The second-order valence-electron chi connectivity index (χ2n) is 3.71. The van der Waals surface area contributed by atoms with Gasteiger partial charge in [0.25, 0.3) is 0 Å². The first-order valence-electron chi connectivity index (χ1n) is 5.43. The first kappa shape index (κ1) is 13.4. The highest BCUT2D eigenvalue weighted by atomic mass is 16.5. The molecule has 1 aliphatic heterocycles. The molecular weight excluding hydrogens is 208 g/mol. The van der Waals surface area contributed by atoms with E-state index in [1.54, 1.807) is 0 Å². The van der Waals surface area contributed by atoms with Gasteiger partial charge in [-0.1, -0.05) is 13.2 Å². The molecule has 0 aromatic rings. The van der Waals surface area contributed by atoms with Crippen LogP contribution in [-0.2, 0) is 18.9 Å². The van der Waals surface area contributed by atoms with E-state index >= 15 is 0 Å². The number of ether oxygens (including phenoxy) is 4. The molecule has 0 aromatic carbocycles. The molecule has 0 spiro atoms. The first-order chi connectivity index (χ1) is 7.79. The molecule has 0 bridgehead atoms. The highest BCUT2D eigenvalue weighted by molar-refractivity contribution is 4.95. The van der Waals surface area contributed by atoms with Gasteiger partial charge in [-0.15, -0.1) is 0 Å². The standard InChI is InChI=1S/C12H20O4/c1-11-7-13-3-5-15-9-12(2)10-16-6-4-14-8-11/h1-10H2. The fourth-order valence-corrected chi connectivity index (χ4v) is 1.19. The van der Waals surface area contributed by atoms with E-state index in [2.05, 4.69) is 13.2 Å². The van der Waals surface area contributed by atoms with E-state index in [1.807, 2.05) is 0 Å². The van der Waals surface area contributed by atoms with Crippen LogP contribution in [0.2, 0.25) is 0 Å². The lowest BCUT2D eigenvalue weighted by Crippen LogP contribution is -2.15. The van der Waals surface area contributed by atoms with Crippen molar-refractivity contribution in [2.75, 3.05) is 52.9 Å². The van der Waals surface area contributed by atoms with Crippen molar-refractivity contribution in [2.45, 2.75) is 0 Å². The molecule has 1 fully saturated rings. The third-order valence-corrected chi connectivity index (χ3v) is 1.97. The maximum atomic E-state index is 5.36. The summed E-state index contributed by atoms with van der Waals surface area (Å²) in [5, 5.41) is 0.